The molecule has 0 saturated heterocycles. The van der Waals surface area contributed by atoms with Gasteiger partial charge in [0.15, 0.2) is 11.5 Å². The van der Waals surface area contributed by atoms with Gasteiger partial charge in [-0.2, -0.15) is 0 Å². The van der Waals surface area contributed by atoms with Gasteiger partial charge in [-0.3, -0.25) is 4.79 Å². The molecule has 25 heavy (non-hydrogen) atoms. The maximum absolute atomic E-state index is 12.4. The molecule has 0 aromatic heterocycles. The van der Waals surface area contributed by atoms with E-state index in [-0.39, 0.29) is 11.8 Å². The quantitative estimate of drug-likeness (QED) is 0.876. The van der Waals surface area contributed by atoms with Gasteiger partial charge in [-0.15, -0.1) is 0 Å². The number of para-hydroxylation sites is 1. The minimum Gasteiger partial charge on any atom is -0.493 e. The van der Waals surface area contributed by atoms with Crippen LogP contribution in [-0.4, -0.2) is 26.7 Å². The standard InChI is InChI=1S/C20H23NO4/c1-23-18-8-7-14(11-19(18)24-2)13-21-20(22)12-15-9-10-25-17-6-4-3-5-16(15)17/h3-8,11,15H,9-10,12-13H2,1-2H3,(H,21,22). The van der Waals surface area contributed by atoms with E-state index < -0.39 is 0 Å². The molecule has 1 heterocycles. The highest BCUT2D eigenvalue weighted by atomic mass is 16.5. The summed E-state index contributed by atoms with van der Waals surface area (Å²) in [5.74, 6) is 2.47. The highest BCUT2D eigenvalue weighted by Gasteiger charge is 2.23. The van der Waals surface area contributed by atoms with Crippen LogP contribution in [0.1, 0.15) is 29.9 Å². The highest BCUT2D eigenvalue weighted by Crippen LogP contribution is 2.35. The first kappa shape index (κ1) is 17.1. The summed E-state index contributed by atoms with van der Waals surface area (Å²) in [4.78, 5) is 12.4. The van der Waals surface area contributed by atoms with Gasteiger partial charge in [0.25, 0.3) is 0 Å². The molecule has 1 N–H and O–H groups in total. The van der Waals surface area contributed by atoms with Crippen LogP contribution in [0.3, 0.4) is 0 Å². The highest BCUT2D eigenvalue weighted by molar-refractivity contribution is 5.77. The van der Waals surface area contributed by atoms with Gasteiger partial charge in [0.05, 0.1) is 20.8 Å². The molecule has 0 spiro atoms. The summed E-state index contributed by atoms with van der Waals surface area (Å²) in [6, 6.07) is 13.6. The third-order valence-electron chi connectivity index (χ3n) is 4.45. The van der Waals surface area contributed by atoms with E-state index in [0.29, 0.717) is 31.1 Å². The second-order valence-corrected chi connectivity index (χ2v) is 6.04. The van der Waals surface area contributed by atoms with Crippen molar-refractivity contribution in [2.75, 3.05) is 20.8 Å². The molecule has 0 aliphatic carbocycles. The minimum atomic E-state index is 0.0384. The summed E-state index contributed by atoms with van der Waals surface area (Å²) in [7, 11) is 3.20. The number of methoxy groups -OCH3 is 2. The summed E-state index contributed by atoms with van der Waals surface area (Å²) in [5, 5.41) is 2.99. The van der Waals surface area contributed by atoms with Gasteiger partial charge >= 0.3 is 0 Å². The van der Waals surface area contributed by atoms with Crippen LogP contribution >= 0.6 is 0 Å². The second-order valence-electron chi connectivity index (χ2n) is 6.04. The number of fused-ring (bicyclic) bond motifs is 1. The van der Waals surface area contributed by atoms with Crippen LogP contribution in [0.4, 0.5) is 0 Å². The molecule has 2 aromatic carbocycles. The number of benzene rings is 2. The SMILES string of the molecule is COc1ccc(CNC(=O)CC2CCOc3ccccc32)cc1OC. The molecule has 1 atom stereocenters. The summed E-state index contributed by atoms with van der Waals surface area (Å²) in [6.45, 7) is 1.12. The lowest BCUT2D eigenvalue weighted by Gasteiger charge is -2.25. The van der Waals surface area contributed by atoms with Crippen molar-refractivity contribution in [1.29, 1.82) is 0 Å². The predicted octanol–water partition coefficient (Wildman–Crippen LogP) is 3.28. The summed E-state index contributed by atoms with van der Waals surface area (Å²) < 4.78 is 16.2. The Bertz CT molecular complexity index is 744. The topological polar surface area (TPSA) is 56.8 Å². The van der Waals surface area contributed by atoms with Crippen LogP contribution in [0.15, 0.2) is 42.5 Å². The van der Waals surface area contributed by atoms with Crippen molar-refractivity contribution in [2.24, 2.45) is 0 Å². The van der Waals surface area contributed by atoms with E-state index >= 15 is 0 Å². The first-order chi connectivity index (χ1) is 12.2. The van der Waals surface area contributed by atoms with E-state index in [2.05, 4.69) is 5.32 Å². The Kier molecular flexibility index (Phi) is 5.43. The lowest BCUT2D eigenvalue weighted by Crippen LogP contribution is -2.26. The van der Waals surface area contributed by atoms with E-state index in [9.17, 15) is 4.79 Å². The van der Waals surface area contributed by atoms with E-state index in [4.69, 9.17) is 14.2 Å². The molecule has 1 amide bonds. The Morgan fingerprint density at radius 2 is 1.96 bits per heavy atom. The molecule has 1 unspecified atom stereocenters. The average Bonchev–Trinajstić information content (AvgIpc) is 2.66. The molecule has 3 rings (SSSR count). The zero-order valence-electron chi connectivity index (χ0n) is 14.6. The molecule has 132 valence electrons. The minimum absolute atomic E-state index is 0.0384. The van der Waals surface area contributed by atoms with Crippen molar-refractivity contribution >= 4 is 5.91 Å². The molecular weight excluding hydrogens is 318 g/mol. The van der Waals surface area contributed by atoms with E-state index in [0.717, 1.165) is 23.3 Å². The van der Waals surface area contributed by atoms with E-state index in [1.54, 1.807) is 14.2 Å². The van der Waals surface area contributed by atoms with E-state index in [1.807, 2.05) is 42.5 Å². The van der Waals surface area contributed by atoms with Gasteiger partial charge in [-0.05, 0) is 41.7 Å². The fourth-order valence-electron chi connectivity index (χ4n) is 3.12. The summed E-state index contributed by atoms with van der Waals surface area (Å²) in [5.41, 5.74) is 2.09. The fourth-order valence-corrected chi connectivity index (χ4v) is 3.12. The number of carbonyl (C=O) groups excluding carboxylic acids is 1. The summed E-state index contributed by atoms with van der Waals surface area (Å²) >= 11 is 0. The molecule has 2 aromatic rings. The van der Waals surface area contributed by atoms with Crippen LogP contribution < -0.4 is 19.5 Å². The molecule has 0 bridgehead atoms. The van der Waals surface area contributed by atoms with Crippen LogP contribution in [0.2, 0.25) is 0 Å². The predicted molar refractivity (Wildman–Crippen MR) is 95.3 cm³/mol. The molecule has 0 saturated carbocycles. The van der Waals surface area contributed by atoms with Gasteiger partial charge in [0.1, 0.15) is 5.75 Å². The molecule has 5 nitrogen and oxygen atoms in total. The van der Waals surface area contributed by atoms with Crippen molar-refractivity contribution < 1.29 is 19.0 Å². The molecule has 0 fully saturated rings. The molecular formula is C20H23NO4. The van der Waals surface area contributed by atoms with E-state index in [1.165, 1.54) is 0 Å². The zero-order valence-corrected chi connectivity index (χ0v) is 14.6. The first-order valence-electron chi connectivity index (χ1n) is 8.40. The number of amides is 1. The third kappa shape index (κ3) is 4.05. The van der Waals surface area contributed by atoms with Crippen LogP contribution in [0.25, 0.3) is 0 Å². The van der Waals surface area contributed by atoms with Gasteiger partial charge in [0.2, 0.25) is 5.91 Å². The number of nitrogens with one attached hydrogen (secondary N) is 1. The van der Waals surface area contributed by atoms with Gasteiger partial charge in [-0.1, -0.05) is 24.3 Å². The Morgan fingerprint density at radius 1 is 1.16 bits per heavy atom. The molecule has 0 radical (unpaired) electrons. The van der Waals surface area contributed by atoms with Crippen molar-refractivity contribution in [1.82, 2.24) is 5.32 Å². The number of carbonyl (C=O) groups is 1. The monoisotopic (exact) mass is 341 g/mol. The van der Waals surface area contributed by atoms with Crippen LogP contribution in [0, 0.1) is 0 Å². The van der Waals surface area contributed by atoms with Gasteiger partial charge in [-0.25, -0.2) is 0 Å². The molecule has 5 heteroatoms. The molecule has 1 aliphatic heterocycles. The summed E-state index contributed by atoms with van der Waals surface area (Å²) in [6.07, 6.45) is 1.33. The Hall–Kier alpha value is -2.69. The maximum Gasteiger partial charge on any atom is 0.220 e. The van der Waals surface area contributed by atoms with Crippen molar-refractivity contribution in [2.45, 2.75) is 25.3 Å². The Labute approximate surface area is 147 Å². The Balaban J connectivity index is 1.59. The lowest BCUT2D eigenvalue weighted by molar-refractivity contribution is -0.121. The normalized spacial score (nSPS) is 15.7. The van der Waals surface area contributed by atoms with Crippen molar-refractivity contribution in [3.63, 3.8) is 0 Å². The molecule has 1 aliphatic rings. The smallest absolute Gasteiger partial charge is 0.220 e. The average molecular weight is 341 g/mol. The van der Waals surface area contributed by atoms with Gasteiger partial charge < -0.3 is 19.5 Å². The third-order valence-corrected chi connectivity index (χ3v) is 4.45. The lowest BCUT2D eigenvalue weighted by atomic mass is 9.90. The van der Waals surface area contributed by atoms with Crippen LogP contribution in [-0.2, 0) is 11.3 Å². The van der Waals surface area contributed by atoms with Crippen molar-refractivity contribution in [3.8, 4) is 17.2 Å². The number of rotatable bonds is 6. The number of hydrogen-bond donors (Lipinski definition) is 1. The van der Waals surface area contributed by atoms with Gasteiger partial charge in [0, 0.05) is 13.0 Å². The second kappa shape index (κ2) is 7.92. The fraction of sp³-hybridized carbons (Fsp3) is 0.350. The van der Waals surface area contributed by atoms with Crippen molar-refractivity contribution in [3.05, 3.63) is 53.6 Å². The largest absolute Gasteiger partial charge is 0.493 e. The first-order valence-corrected chi connectivity index (χ1v) is 8.40. The number of ether oxygens (including phenoxy) is 3. The zero-order chi connectivity index (χ0) is 17.6. The maximum atomic E-state index is 12.4. The van der Waals surface area contributed by atoms with Crippen LogP contribution in [0.5, 0.6) is 17.2 Å². The Morgan fingerprint density at radius 3 is 2.76 bits per heavy atom. The number of hydrogen-bond acceptors (Lipinski definition) is 4.